The molecular formula is C15H23N5O14P2. The third-order valence-electron chi connectivity index (χ3n) is 5.35. The number of nitrogens with zero attached hydrogens (tertiary/aromatic N) is 4. The van der Waals surface area contributed by atoms with E-state index in [-0.39, 0.29) is 17.0 Å². The second-order valence-corrected chi connectivity index (χ2v) is 10.8. The number of imidazole rings is 1. The first-order valence-corrected chi connectivity index (χ1v) is 13.1. The van der Waals surface area contributed by atoms with Crippen LogP contribution in [-0.4, -0.2) is 111 Å². The normalized spacial score (nSPS) is 36.2. The lowest BCUT2D eigenvalue weighted by Crippen LogP contribution is -2.34. The van der Waals surface area contributed by atoms with Crippen LogP contribution in [0.15, 0.2) is 12.7 Å². The summed E-state index contributed by atoms with van der Waals surface area (Å²) in [5, 5.41) is 49.0. The number of rotatable bonds is 9. The molecule has 0 aliphatic carbocycles. The van der Waals surface area contributed by atoms with Gasteiger partial charge in [0.25, 0.3) is 0 Å². The quantitative estimate of drug-likeness (QED) is 0.140. The molecule has 19 nitrogen and oxygen atoms in total. The number of nitrogen functional groups attached to an aromatic ring is 1. The van der Waals surface area contributed by atoms with Crippen LogP contribution in [0.4, 0.5) is 5.82 Å². The van der Waals surface area contributed by atoms with Gasteiger partial charge in [0.2, 0.25) is 0 Å². The fourth-order valence-electron chi connectivity index (χ4n) is 3.53. The lowest BCUT2D eigenvalue weighted by Gasteiger charge is -2.20. The van der Waals surface area contributed by atoms with Crippen LogP contribution in [0.5, 0.6) is 0 Å². The Morgan fingerprint density at radius 1 is 0.889 bits per heavy atom. The molecule has 0 radical (unpaired) electrons. The maximum atomic E-state index is 12.2. The van der Waals surface area contributed by atoms with E-state index in [4.69, 9.17) is 15.2 Å². The molecule has 0 saturated carbocycles. The molecule has 4 heterocycles. The minimum absolute atomic E-state index is 0.0575. The summed E-state index contributed by atoms with van der Waals surface area (Å²) in [4.78, 5) is 31.3. The molecule has 202 valence electrons. The summed E-state index contributed by atoms with van der Waals surface area (Å²) in [6.45, 7) is -1.79. The van der Waals surface area contributed by atoms with Crippen molar-refractivity contribution >= 4 is 32.6 Å². The van der Waals surface area contributed by atoms with E-state index in [0.717, 1.165) is 6.33 Å². The first kappa shape index (κ1) is 27.4. The largest absolute Gasteiger partial charge is 0.481 e. The fourth-order valence-corrected chi connectivity index (χ4v) is 5.62. The van der Waals surface area contributed by atoms with Crippen LogP contribution in [0.25, 0.3) is 11.2 Å². The summed E-state index contributed by atoms with van der Waals surface area (Å²) < 4.78 is 48.8. The fraction of sp³-hybridized carbons (Fsp3) is 0.667. The summed E-state index contributed by atoms with van der Waals surface area (Å²) in [7, 11) is -10.6. The molecule has 0 bridgehead atoms. The number of fused-ring (bicyclic) bond motifs is 1. The van der Waals surface area contributed by atoms with Crippen LogP contribution in [0, 0.1) is 0 Å². The van der Waals surface area contributed by atoms with E-state index in [1.54, 1.807) is 0 Å². The number of nitrogens with two attached hydrogens (primary N) is 1. The Hall–Kier alpha value is -1.67. The van der Waals surface area contributed by atoms with Crippen molar-refractivity contribution in [2.24, 2.45) is 0 Å². The molecule has 2 fully saturated rings. The van der Waals surface area contributed by atoms with E-state index in [1.807, 2.05) is 0 Å². The topological polar surface area (TPSA) is 292 Å². The molecular weight excluding hydrogens is 536 g/mol. The molecule has 2 saturated heterocycles. The monoisotopic (exact) mass is 559 g/mol. The second kappa shape index (κ2) is 10.2. The second-order valence-electron chi connectivity index (χ2n) is 7.79. The molecule has 0 aromatic carbocycles. The lowest BCUT2D eigenvalue weighted by molar-refractivity contribution is -0.132. The molecule has 6 unspecified atom stereocenters. The van der Waals surface area contributed by atoms with Crippen LogP contribution < -0.4 is 5.73 Å². The Labute approximate surface area is 200 Å². The van der Waals surface area contributed by atoms with Gasteiger partial charge in [-0.1, -0.05) is 0 Å². The van der Waals surface area contributed by atoms with E-state index >= 15 is 0 Å². The molecule has 0 amide bonds. The van der Waals surface area contributed by atoms with Gasteiger partial charge in [-0.15, -0.1) is 0 Å². The summed E-state index contributed by atoms with van der Waals surface area (Å²) in [6, 6.07) is 0. The highest BCUT2D eigenvalue weighted by atomic mass is 31.3. The molecule has 10 atom stereocenters. The summed E-state index contributed by atoms with van der Waals surface area (Å²) in [5.74, 6) is 0.0575. The predicted molar refractivity (Wildman–Crippen MR) is 111 cm³/mol. The summed E-state index contributed by atoms with van der Waals surface area (Å²) >= 11 is 0. The van der Waals surface area contributed by atoms with Gasteiger partial charge in [-0.2, -0.15) is 4.31 Å². The Balaban J connectivity index is 1.34. The highest BCUT2D eigenvalue weighted by molar-refractivity contribution is 7.61. The molecule has 2 aromatic heterocycles. The van der Waals surface area contributed by atoms with Crippen molar-refractivity contribution in [2.75, 3.05) is 18.9 Å². The molecule has 2 aliphatic heterocycles. The van der Waals surface area contributed by atoms with Gasteiger partial charge in [0.1, 0.15) is 48.5 Å². The number of anilines is 1. The SMILES string of the molecule is Nc1ncnc2c1ncn2[C@@H]1O[C@H](COP(=O)(O)OP(=O)(O)OC[C@H]2O[C@@H](O)C(O)C2O)C(O)C1O. The molecule has 0 spiro atoms. The summed E-state index contributed by atoms with van der Waals surface area (Å²) in [6.07, 6.45) is -10.1. The standard InChI is InChI=1S/C15H23N5O14P2/c16-12-7-13(18-3-17-12)20(4-19-7)14-10(23)8(21)5(32-14)1-30-35(26,27)34-36(28,29)31-2-6-9(22)11(24)15(25)33-6/h3-6,8-11,14-15,21-25H,1-2H2,(H,26,27)(H,28,29)(H2,16,17,18)/t5-,6-,8?,9?,10?,11?,14-,15-/m1/s1. The van der Waals surface area contributed by atoms with Gasteiger partial charge < -0.3 is 50.5 Å². The van der Waals surface area contributed by atoms with Crippen LogP contribution in [0.3, 0.4) is 0 Å². The molecule has 4 rings (SSSR count). The van der Waals surface area contributed by atoms with Crippen molar-refractivity contribution in [1.29, 1.82) is 0 Å². The van der Waals surface area contributed by atoms with Crippen molar-refractivity contribution in [3.8, 4) is 0 Å². The summed E-state index contributed by atoms with van der Waals surface area (Å²) in [5.41, 5.74) is 6.09. The Bertz CT molecular complexity index is 1180. The van der Waals surface area contributed by atoms with Gasteiger partial charge in [-0.05, 0) is 0 Å². The average Bonchev–Trinajstić information content (AvgIpc) is 3.42. The van der Waals surface area contributed by atoms with E-state index in [9.17, 15) is 44.4 Å². The number of aromatic nitrogens is 4. The Morgan fingerprint density at radius 3 is 2.06 bits per heavy atom. The number of hydrogen-bond donors (Lipinski definition) is 8. The lowest BCUT2D eigenvalue weighted by atomic mass is 10.1. The minimum atomic E-state index is -5.31. The smallest absolute Gasteiger partial charge is 0.387 e. The van der Waals surface area contributed by atoms with Gasteiger partial charge in [-0.3, -0.25) is 13.6 Å². The number of phosphoric acid groups is 2. The molecule has 21 heteroatoms. The molecule has 2 aromatic rings. The maximum absolute atomic E-state index is 12.2. The highest BCUT2D eigenvalue weighted by Crippen LogP contribution is 2.60. The van der Waals surface area contributed by atoms with Crippen molar-refractivity contribution in [3.63, 3.8) is 0 Å². The zero-order valence-corrected chi connectivity index (χ0v) is 19.7. The number of aliphatic hydroxyl groups is 5. The molecule has 9 N–H and O–H groups in total. The minimum Gasteiger partial charge on any atom is -0.387 e. The number of ether oxygens (including phenoxy) is 2. The van der Waals surface area contributed by atoms with E-state index in [0.29, 0.717) is 0 Å². The Kier molecular flexibility index (Phi) is 7.78. The van der Waals surface area contributed by atoms with Crippen molar-refractivity contribution < 1.29 is 67.3 Å². The van der Waals surface area contributed by atoms with E-state index < -0.39 is 78.0 Å². The van der Waals surface area contributed by atoms with Gasteiger partial charge in [0.05, 0.1) is 19.5 Å². The number of phosphoric ester groups is 2. The first-order valence-electron chi connectivity index (χ1n) is 10.1. The number of hydrogen-bond acceptors (Lipinski definition) is 16. The van der Waals surface area contributed by atoms with Gasteiger partial charge in [0.15, 0.2) is 24.0 Å². The first-order chi connectivity index (χ1) is 16.8. The van der Waals surface area contributed by atoms with E-state index in [2.05, 4.69) is 28.3 Å². The zero-order chi connectivity index (χ0) is 26.4. The Morgan fingerprint density at radius 2 is 1.47 bits per heavy atom. The third-order valence-corrected chi connectivity index (χ3v) is 7.95. The van der Waals surface area contributed by atoms with Crippen molar-refractivity contribution in [3.05, 3.63) is 12.7 Å². The van der Waals surface area contributed by atoms with Crippen LogP contribution in [0.1, 0.15) is 6.23 Å². The zero-order valence-electron chi connectivity index (χ0n) is 17.9. The van der Waals surface area contributed by atoms with Gasteiger partial charge >= 0.3 is 15.6 Å². The van der Waals surface area contributed by atoms with E-state index in [1.165, 1.54) is 10.9 Å². The van der Waals surface area contributed by atoms with Crippen LogP contribution >= 0.6 is 15.6 Å². The molecule has 36 heavy (non-hydrogen) atoms. The highest BCUT2D eigenvalue weighted by Gasteiger charge is 2.47. The predicted octanol–water partition coefficient (Wildman–Crippen LogP) is -3.28. The van der Waals surface area contributed by atoms with Crippen molar-refractivity contribution in [1.82, 2.24) is 19.5 Å². The van der Waals surface area contributed by atoms with Gasteiger partial charge in [-0.25, -0.2) is 24.1 Å². The third kappa shape index (κ3) is 5.59. The maximum Gasteiger partial charge on any atom is 0.481 e. The van der Waals surface area contributed by atoms with Crippen molar-refractivity contribution in [2.45, 2.75) is 49.1 Å². The van der Waals surface area contributed by atoms with Crippen LogP contribution in [0.2, 0.25) is 0 Å². The average molecular weight is 559 g/mol. The molecule has 2 aliphatic rings. The number of aliphatic hydroxyl groups excluding tert-OH is 5. The van der Waals surface area contributed by atoms with Crippen LogP contribution in [-0.2, 0) is 32.0 Å². The van der Waals surface area contributed by atoms with Gasteiger partial charge in [0, 0.05) is 0 Å².